The first-order valence-electron chi connectivity index (χ1n) is 11.8. The van der Waals surface area contributed by atoms with E-state index < -0.39 is 11.9 Å². The van der Waals surface area contributed by atoms with E-state index in [1.807, 2.05) is 30.3 Å². The van der Waals surface area contributed by atoms with Gasteiger partial charge in [-0.05, 0) is 57.9 Å². The number of fused-ring (bicyclic) bond motifs is 1. The highest BCUT2D eigenvalue weighted by Gasteiger charge is 2.24. The second kappa shape index (κ2) is 11.8. The zero-order chi connectivity index (χ0) is 28.2. The van der Waals surface area contributed by atoms with Crippen molar-refractivity contribution in [2.24, 2.45) is 5.10 Å². The van der Waals surface area contributed by atoms with Gasteiger partial charge in [-0.1, -0.05) is 46.3 Å². The number of hydrogen-bond donors (Lipinski definition) is 2. The monoisotopic (exact) mass is 665 g/mol. The maximum Gasteiger partial charge on any atom is 0.379 e. The van der Waals surface area contributed by atoms with Crippen LogP contribution in [0.1, 0.15) is 26.6 Å². The molecule has 0 atom stereocenters. The van der Waals surface area contributed by atoms with Crippen LogP contribution in [-0.2, 0) is 0 Å². The van der Waals surface area contributed by atoms with E-state index in [1.54, 1.807) is 44.6 Å². The minimum atomic E-state index is -0.680. The molecular formula is C29H21Br2N3O6. The van der Waals surface area contributed by atoms with Crippen LogP contribution < -0.4 is 19.6 Å². The molecular weight excluding hydrogens is 646 g/mol. The summed E-state index contributed by atoms with van der Waals surface area (Å²) < 4.78 is 23.0. The molecule has 3 aromatic carbocycles. The Balaban J connectivity index is 1.51. The first-order chi connectivity index (χ1) is 19.4. The van der Waals surface area contributed by atoms with Crippen molar-refractivity contribution in [1.82, 2.24) is 10.4 Å². The molecule has 202 valence electrons. The number of hydrazone groups is 1. The van der Waals surface area contributed by atoms with Crippen molar-refractivity contribution in [2.75, 3.05) is 14.2 Å². The van der Waals surface area contributed by atoms with Crippen LogP contribution in [0, 0.1) is 0 Å². The van der Waals surface area contributed by atoms with Gasteiger partial charge < -0.3 is 23.6 Å². The molecule has 0 spiro atoms. The Labute approximate surface area is 245 Å². The molecule has 0 saturated heterocycles. The number of amides is 1. The van der Waals surface area contributed by atoms with Crippen LogP contribution >= 0.6 is 31.9 Å². The Hall–Kier alpha value is -4.35. The van der Waals surface area contributed by atoms with E-state index >= 15 is 0 Å². The molecule has 5 rings (SSSR count). The summed E-state index contributed by atoms with van der Waals surface area (Å²) in [5.41, 5.74) is 5.30. The van der Waals surface area contributed by atoms with E-state index in [0.29, 0.717) is 42.5 Å². The molecule has 0 aliphatic rings. The largest absolute Gasteiger partial charge is 0.496 e. The van der Waals surface area contributed by atoms with E-state index in [2.05, 4.69) is 47.4 Å². The molecule has 0 fully saturated rings. The lowest BCUT2D eigenvalue weighted by molar-refractivity contribution is 0.0699. The van der Waals surface area contributed by atoms with Gasteiger partial charge in [-0.25, -0.2) is 10.2 Å². The summed E-state index contributed by atoms with van der Waals surface area (Å²) in [5, 5.41) is 4.86. The number of H-pyrrole nitrogens is 1. The lowest BCUT2D eigenvalue weighted by Crippen LogP contribution is -2.19. The summed E-state index contributed by atoms with van der Waals surface area (Å²) in [7, 11) is 3.13. The highest BCUT2D eigenvalue weighted by atomic mass is 79.9. The molecule has 2 aromatic heterocycles. The number of aromatic nitrogens is 1. The molecule has 0 aliphatic heterocycles. The number of methoxy groups -OCH3 is 2. The quantitative estimate of drug-likeness (QED) is 0.0801. The second-order valence-corrected chi connectivity index (χ2v) is 10.1. The van der Waals surface area contributed by atoms with Crippen molar-refractivity contribution in [3.05, 3.63) is 99.0 Å². The SMILES string of the molecule is COc1ccc(OC)c2c(-c3ccccc3)c(C(=O)NN=Cc3cc(Br)cc(Br)c3OC(=O)c3ccco3)[nH]c12. The number of halogens is 2. The lowest BCUT2D eigenvalue weighted by Gasteiger charge is -2.10. The molecule has 0 radical (unpaired) electrons. The zero-order valence-electron chi connectivity index (χ0n) is 21.2. The van der Waals surface area contributed by atoms with Crippen molar-refractivity contribution in [1.29, 1.82) is 0 Å². The Morgan fingerprint density at radius 1 is 0.975 bits per heavy atom. The topological polar surface area (TPSA) is 115 Å². The van der Waals surface area contributed by atoms with Crippen LogP contribution in [0.25, 0.3) is 22.0 Å². The summed E-state index contributed by atoms with van der Waals surface area (Å²) in [6.07, 6.45) is 2.76. The fourth-order valence-corrected chi connectivity index (χ4v) is 5.53. The Morgan fingerprint density at radius 3 is 2.42 bits per heavy atom. The number of hydrogen-bond acceptors (Lipinski definition) is 7. The number of ether oxygens (including phenoxy) is 3. The average molecular weight is 667 g/mol. The molecule has 2 N–H and O–H groups in total. The second-order valence-electron chi connectivity index (χ2n) is 8.33. The van der Waals surface area contributed by atoms with E-state index in [9.17, 15) is 9.59 Å². The van der Waals surface area contributed by atoms with Crippen LogP contribution in [0.3, 0.4) is 0 Å². The predicted molar refractivity (Wildman–Crippen MR) is 157 cm³/mol. The minimum Gasteiger partial charge on any atom is -0.496 e. The number of nitrogens with zero attached hydrogens (tertiary/aromatic N) is 1. The van der Waals surface area contributed by atoms with Crippen LogP contribution in [0.15, 0.2) is 91.5 Å². The van der Waals surface area contributed by atoms with Gasteiger partial charge in [-0.2, -0.15) is 5.10 Å². The minimum absolute atomic E-state index is 0.0455. The Bertz CT molecular complexity index is 1730. The van der Waals surface area contributed by atoms with E-state index in [4.69, 9.17) is 18.6 Å². The molecule has 0 unspecified atom stereocenters. The van der Waals surface area contributed by atoms with Gasteiger partial charge in [0.15, 0.2) is 5.75 Å². The van der Waals surface area contributed by atoms with E-state index in [1.165, 1.54) is 18.5 Å². The molecule has 0 aliphatic carbocycles. The third kappa shape index (κ3) is 5.38. The van der Waals surface area contributed by atoms with Crippen LogP contribution in [0.4, 0.5) is 0 Å². The smallest absolute Gasteiger partial charge is 0.379 e. The third-order valence-electron chi connectivity index (χ3n) is 5.93. The van der Waals surface area contributed by atoms with Gasteiger partial charge in [0.2, 0.25) is 5.76 Å². The van der Waals surface area contributed by atoms with Crippen molar-refractivity contribution in [3.8, 4) is 28.4 Å². The van der Waals surface area contributed by atoms with Gasteiger partial charge in [0.1, 0.15) is 17.2 Å². The standard InChI is InChI=1S/C29H21Br2N3O6/c1-37-20-10-11-21(38-2)25-24(20)23(16-7-4-3-5-8-16)26(33-25)28(35)34-32-15-17-13-18(30)14-19(31)27(17)40-29(36)22-9-6-12-39-22/h3-15,33H,1-2H3,(H,34,35). The normalized spacial score (nSPS) is 11.1. The average Bonchev–Trinajstić information content (AvgIpc) is 3.64. The summed E-state index contributed by atoms with van der Waals surface area (Å²) >= 11 is 6.84. The number of esters is 1. The number of nitrogens with one attached hydrogen (secondary N) is 2. The summed E-state index contributed by atoms with van der Waals surface area (Å²) in [6.45, 7) is 0. The molecule has 2 heterocycles. The van der Waals surface area contributed by atoms with Crippen molar-refractivity contribution in [3.63, 3.8) is 0 Å². The molecule has 0 bridgehead atoms. The number of rotatable bonds is 8. The lowest BCUT2D eigenvalue weighted by atomic mass is 10.0. The molecule has 11 heteroatoms. The van der Waals surface area contributed by atoms with Gasteiger partial charge in [0, 0.05) is 15.6 Å². The summed E-state index contributed by atoms with van der Waals surface area (Å²) in [4.78, 5) is 29.2. The molecule has 9 nitrogen and oxygen atoms in total. The third-order valence-corrected chi connectivity index (χ3v) is 6.98. The van der Waals surface area contributed by atoms with Gasteiger partial charge in [0.25, 0.3) is 5.91 Å². The maximum absolute atomic E-state index is 13.5. The maximum atomic E-state index is 13.5. The highest BCUT2D eigenvalue weighted by Crippen LogP contribution is 2.42. The van der Waals surface area contributed by atoms with Crippen LogP contribution in [0.2, 0.25) is 0 Å². The van der Waals surface area contributed by atoms with E-state index in [-0.39, 0.29) is 17.2 Å². The number of aromatic amines is 1. The summed E-state index contributed by atoms with van der Waals surface area (Å²) in [5.74, 6) is 0.198. The van der Waals surface area contributed by atoms with Gasteiger partial charge in [0.05, 0.1) is 42.1 Å². The Morgan fingerprint density at radius 2 is 1.73 bits per heavy atom. The highest BCUT2D eigenvalue weighted by molar-refractivity contribution is 9.11. The number of benzene rings is 3. The van der Waals surface area contributed by atoms with Crippen molar-refractivity contribution < 1.29 is 28.2 Å². The number of furan rings is 1. The van der Waals surface area contributed by atoms with Gasteiger partial charge in [-0.15, -0.1) is 0 Å². The molecule has 1 amide bonds. The molecule has 0 saturated carbocycles. The van der Waals surface area contributed by atoms with Crippen molar-refractivity contribution >= 4 is 60.9 Å². The van der Waals surface area contributed by atoms with Gasteiger partial charge >= 0.3 is 5.97 Å². The predicted octanol–water partition coefficient (Wildman–Crippen LogP) is 6.95. The zero-order valence-corrected chi connectivity index (χ0v) is 24.3. The van der Waals surface area contributed by atoms with Crippen LogP contribution in [-0.4, -0.2) is 37.3 Å². The Kier molecular flexibility index (Phi) is 8.04. The first-order valence-corrected chi connectivity index (χ1v) is 13.4. The van der Waals surface area contributed by atoms with Crippen LogP contribution in [0.5, 0.6) is 17.2 Å². The molecule has 5 aromatic rings. The fraction of sp³-hybridized carbons (Fsp3) is 0.0690. The van der Waals surface area contributed by atoms with Gasteiger partial charge in [-0.3, -0.25) is 4.79 Å². The summed E-state index contributed by atoms with van der Waals surface area (Å²) in [6, 6.07) is 19.5. The fourth-order valence-electron chi connectivity index (χ4n) is 4.19. The van der Waals surface area contributed by atoms with E-state index in [0.717, 1.165) is 5.56 Å². The number of carbonyl (C=O) groups is 2. The molecule has 40 heavy (non-hydrogen) atoms. The van der Waals surface area contributed by atoms with Crippen molar-refractivity contribution in [2.45, 2.75) is 0 Å². The first kappa shape index (κ1) is 27.2. The number of carbonyl (C=O) groups excluding carboxylic acids is 2.